The summed E-state index contributed by atoms with van der Waals surface area (Å²) in [5.41, 5.74) is 3.55. The predicted octanol–water partition coefficient (Wildman–Crippen LogP) is 2.43. The largest absolute Gasteiger partial charge is 0.480 e. The van der Waals surface area contributed by atoms with Crippen LogP contribution in [0.25, 0.3) is 10.9 Å². The lowest BCUT2D eigenvalue weighted by atomic mass is 9.91. The van der Waals surface area contributed by atoms with Crippen LogP contribution in [0, 0.1) is 0 Å². The van der Waals surface area contributed by atoms with E-state index >= 15 is 0 Å². The number of nitrogens with zero attached hydrogens (tertiary/aromatic N) is 2. The van der Waals surface area contributed by atoms with Gasteiger partial charge in [-0.25, -0.2) is 4.99 Å². The van der Waals surface area contributed by atoms with Crippen LogP contribution in [0.4, 0.5) is 0 Å². The molecule has 4 rings (SSSR count). The van der Waals surface area contributed by atoms with Gasteiger partial charge in [0, 0.05) is 23.0 Å². The summed E-state index contributed by atoms with van der Waals surface area (Å²) in [7, 11) is 0. The first-order valence-electron chi connectivity index (χ1n) is 7.78. The third-order valence-electron chi connectivity index (χ3n) is 4.65. The summed E-state index contributed by atoms with van der Waals surface area (Å²) in [6, 6.07) is 8.23. The van der Waals surface area contributed by atoms with Crippen LogP contribution >= 0.6 is 0 Å². The van der Waals surface area contributed by atoms with Crippen LogP contribution in [0.3, 0.4) is 0 Å². The number of para-hydroxylation sites is 1. The highest BCUT2D eigenvalue weighted by atomic mass is 16.5. The minimum Gasteiger partial charge on any atom is -0.480 e. The highest BCUT2D eigenvalue weighted by Gasteiger charge is 2.42. The Bertz CT molecular complexity index is 777. The zero-order chi connectivity index (χ0) is 15.3. The summed E-state index contributed by atoms with van der Waals surface area (Å²) in [5, 5.41) is 1.23. The van der Waals surface area contributed by atoms with Crippen molar-refractivity contribution >= 4 is 22.7 Å². The Morgan fingerprint density at radius 3 is 3.05 bits per heavy atom. The van der Waals surface area contributed by atoms with Crippen molar-refractivity contribution in [2.24, 2.45) is 4.99 Å². The summed E-state index contributed by atoms with van der Waals surface area (Å²) in [6.07, 6.45) is 0.758. The normalized spacial score (nSPS) is 24.0. The number of carbonyl (C=O) groups excluding carboxylic acids is 1. The van der Waals surface area contributed by atoms with Crippen molar-refractivity contribution in [3.05, 3.63) is 35.5 Å². The number of carbonyl (C=O) groups is 1. The smallest absolute Gasteiger partial charge is 0.245 e. The molecule has 0 fully saturated rings. The zero-order valence-corrected chi connectivity index (χ0v) is 12.8. The van der Waals surface area contributed by atoms with Gasteiger partial charge in [-0.05, 0) is 25.5 Å². The van der Waals surface area contributed by atoms with Gasteiger partial charge in [0.2, 0.25) is 11.8 Å². The Kier molecular flexibility index (Phi) is 2.96. The maximum absolute atomic E-state index is 12.4. The third-order valence-corrected chi connectivity index (χ3v) is 4.65. The molecule has 1 N–H and O–H groups in total. The van der Waals surface area contributed by atoms with Crippen molar-refractivity contribution < 1.29 is 9.53 Å². The molecule has 0 saturated carbocycles. The van der Waals surface area contributed by atoms with Gasteiger partial charge in [0.1, 0.15) is 12.6 Å². The van der Waals surface area contributed by atoms with E-state index < -0.39 is 0 Å². The molecule has 0 unspecified atom stereocenters. The molecule has 1 amide bonds. The number of ether oxygens (including phenoxy) is 1. The Morgan fingerprint density at radius 1 is 1.41 bits per heavy atom. The Balaban J connectivity index is 1.85. The van der Waals surface area contributed by atoms with E-state index in [0.29, 0.717) is 12.5 Å². The molecule has 0 spiro atoms. The fourth-order valence-corrected chi connectivity index (χ4v) is 3.72. The van der Waals surface area contributed by atoms with Crippen LogP contribution < -0.4 is 0 Å². The summed E-state index contributed by atoms with van der Waals surface area (Å²) >= 11 is 0. The van der Waals surface area contributed by atoms with Gasteiger partial charge in [-0.1, -0.05) is 18.2 Å². The number of aromatic amines is 1. The van der Waals surface area contributed by atoms with Crippen molar-refractivity contribution in [3.8, 4) is 0 Å². The van der Waals surface area contributed by atoms with E-state index in [4.69, 9.17) is 4.74 Å². The van der Waals surface area contributed by atoms with E-state index in [9.17, 15) is 4.79 Å². The van der Waals surface area contributed by atoms with E-state index in [2.05, 4.69) is 35.1 Å². The number of aliphatic imine (C=N–C) groups is 1. The maximum atomic E-state index is 12.4. The molecular weight excluding hydrogens is 278 g/mol. The van der Waals surface area contributed by atoms with Gasteiger partial charge in [-0.3, -0.25) is 4.79 Å². The summed E-state index contributed by atoms with van der Waals surface area (Å²) in [6.45, 7) is 4.79. The molecule has 0 aliphatic carbocycles. The lowest BCUT2D eigenvalue weighted by molar-refractivity contribution is -0.134. The number of benzene rings is 1. The molecule has 0 saturated heterocycles. The van der Waals surface area contributed by atoms with Gasteiger partial charge < -0.3 is 14.6 Å². The summed E-state index contributed by atoms with van der Waals surface area (Å²) in [4.78, 5) is 22.1. The fraction of sp³-hybridized carbons (Fsp3) is 0.412. The van der Waals surface area contributed by atoms with Crippen molar-refractivity contribution in [3.63, 3.8) is 0 Å². The monoisotopic (exact) mass is 297 g/mol. The van der Waals surface area contributed by atoms with E-state index in [1.165, 1.54) is 10.9 Å². The quantitative estimate of drug-likeness (QED) is 0.879. The van der Waals surface area contributed by atoms with E-state index in [0.717, 1.165) is 17.6 Å². The highest BCUT2D eigenvalue weighted by Crippen LogP contribution is 2.38. The molecular formula is C17H19N3O2. The van der Waals surface area contributed by atoms with Gasteiger partial charge in [0.05, 0.1) is 12.6 Å². The number of hydrogen-bond acceptors (Lipinski definition) is 3. The molecule has 5 nitrogen and oxygen atoms in total. The van der Waals surface area contributed by atoms with Gasteiger partial charge in [-0.2, -0.15) is 0 Å². The second-order valence-electron chi connectivity index (χ2n) is 5.85. The highest BCUT2D eigenvalue weighted by molar-refractivity contribution is 5.96. The third kappa shape index (κ3) is 1.78. The average Bonchev–Trinajstić information content (AvgIpc) is 2.90. The number of hydrogen-bond donors (Lipinski definition) is 1. The molecule has 1 aromatic carbocycles. The second kappa shape index (κ2) is 4.87. The SMILES string of the molecule is CCOC1=NCC(=O)N2[C@H]1Cc1c([nH]c3ccccc13)[C@@H]2C. The molecule has 114 valence electrons. The van der Waals surface area contributed by atoms with E-state index in [1.807, 2.05) is 17.9 Å². The lowest BCUT2D eigenvalue weighted by Crippen LogP contribution is -2.54. The second-order valence-corrected chi connectivity index (χ2v) is 5.85. The van der Waals surface area contributed by atoms with Crippen molar-refractivity contribution in [2.75, 3.05) is 13.2 Å². The molecule has 3 heterocycles. The fourth-order valence-electron chi connectivity index (χ4n) is 3.72. The van der Waals surface area contributed by atoms with Crippen LogP contribution in [0.15, 0.2) is 29.3 Å². The Labute approximate surface area is 129 Å². The van der Waals surface area contributed by atoms with Crippen LogP contribution in [-0.4, -0.2) is 40.9 Å². The Morgan fingerprint density at radius 2 is 2.23 bits per heavy atom. The summed E-state index contributed by atoms with van der Waals surface area (Å²) in [5.74, 6) is 0.773. The van der Waals surface area contributed by atoms with E-state index in [-0.39, 0.29) is 24.5 Å². The van der Waals surface area contributed by atoms with Gasteiger partial charge in [0.15, 0.2) is 0 Å². The number of rotatable bonds is 1. The number of fused-ring (bicyclic) bond motifs is 4. The number of nitrogens with one attached hydrogen (secondary N) is 1. The van der Waals surface area contributed by atoms with Gasteiger partial charge in [-0.15, -0.1) is 0 Å². The number of aromatic nitrogens is 1. The van der Waals surface area contributed by atoms with Gasteiger partial charge >= 0.3 is 0 Å². The number of amides is 1. The van der Waals surface area contributed by atoms with Gasteiger partial charge in [0.25, 0.3) is 0 Å². The Hall–Kier alpha value is -2.30. The molecule has 1 aromatic heterocycles. The predicted molar refractivity (Wildman–Crippen MR) is 85.0 cm³/mol. The standard InChI is InChI=1S/C17H19N3O2/c1-3-22-17-14-8-12-11-6-4-5-7-13(11)19-16(12)10(2)20(14)15(21)9-18-17/h4-7,10,14,19H,3,8-9H2,1-2H3/t10-,14-/m0/s1. The first-order chi connectivity index (χ1) is 10.7. The summed E-state index contributed by atoms with van der Waals surface area (Å²) < 4.78 is 5.70. The molecule has 2 aromatic rings. The first-order valence-corrected chi connectivity index (χ1v) is 7.78. The van der Waals surface area contributed by atoms with Crippen LogP contribution in [-0.2, 0) is 16.0 Å². The minimum absolute atomic E-state index is 0.0135. The van der Waals surface area contributed by atoms with Crippen molar-refractivity contribution in [1.82, 2.24) is 9.88 Å². The molecule has 2 aliphatic rings. The van der Waals surface area contributed by atoms with Crippen LogP contribution in [0.1, 0.15) is 31.1 Å². The number of H-pyrrole nitrogens is 1. The molecule has 22 heavy (non-hydrogen) atoms. The lowest BCUT2D eigenvalue weighted by Gasteiger charge is -2.42. The molecule has 2 aliphatic heterocycles. The minimum atomic E-state index is -0.0806. The van der Waals surface area contributed by atoms with E-state index in [1.54, 1.807) is 0 Å². The topological polar surface area (TPSA) is 57.7 Å². The molecule has 0 radical (unpaired) electrons. The molecule has 2 atom stereocenters. The zero-order valence-electron chi connectivity index (χ0n) is 12.8. The molecule has 5 heteroatoms. The average molecular weight is 297 g/mol. The molecule has 0 bridgehead atoms. The van der Waals surface area contributed by atoms with Crippen LogP contribution in [0.5, 0.6) is 0 Å². The van der Waals surface area contributed by atoms with Crippen molar-refractivity contribution in [1.29, 1.82) is 0 Å². The van der Waals surface area contributed by atoms with Crippen molar-refractivity contribution in [2.45, 2.75) is 32.4 Å². The maximum Gasteiger partial charge on any atom is 0.245 e. The first kappa shape index (κ1) is 13.4. The van der Waals surface area contributed by atoms with Crippen LogP contribution in [0.2, 0.25) is 0 Å².